The van der Waals surface area contributed by atoms with Gasteiger partial charge in [0.15, 0.2) is 23.3 Å². The summed E-state index contributed by atoms with van der Waals surface area (Å²) in [6.45, 7) is 0.627. The Balaban J connectivity index is 1.48. The number of halogens is 4. The number of allylic oxidation sites excluding steroid dienone is 4. The van der Waals surface area contributed by atoms with E-state index in [-0.39, 0.29) is 29.8 Å². The molecule has 2 atom stereocenters. The highest BCUT2D eigenvalue weighted by molar-refractivity contribution is 5.94. The van der Waals surface area contributed by atoms with E-state index in [1.54, 1.807) is 6.08 Å². The molecule has 0 spiro atoms. The third-order valence-corrected chi connectivity index (χ3v) is 5.13. The number of carbonyl (C=O) groups is 1. The van der Waals surface area contributed by atoms with E-state index in [2.05, 4.69) is 10.1 Å². The number of hydrogen-bond acceptors (Lipinski definition) is 4. The van der Waals surface area contributed by atoms with E-state index in [0.717, 1.165) is 0 Å². The fourth-order valence-electron chi connectivity index (χ4n) is 3.57. The minimum absolute atomic E-state index is 0.182. The summed E-state index contributed by atoms with van der Waals surface area (Å²) >= 11 is 0. The lowest BCUT2D eigenvalue weighted by Gasteiger charge is -2.31. The second-order valence-electron chi connectivity index (χ2n) is 7.13. The average molecular weight is 407 g/mol. The number of aromatic nitrogens is 2. The van der Waals surface area contributed by atoms with Crippen LogP contribution in [-0.2, 0) is 0 Å². The molecule has 2 aliphatic rings. The third kappa shape index (κ3) is 3.94. The molecule has 5 nitrogen and oxygen atoms in total. The lowest BCUT2D eigenvalue weighted by atomic mass is 9.96. The highest BCUT2D eigenvalue weighted by Crippen LogP contribution is 2.30. The van der Waals surface area contributed by atoms with Crippen LogP contribution in [0.15, 0.2) is 40.7 Å². The molecule has 1 aromatic heterocycles. The zero-order valence-corrected chi connectivity index (χ0v) is 15.2. The zero-order chi connectivity index (χ0) is 20.5. The molecule has 1 aliphatic heterocycles. The maximum absolute atomic E-state index is 13.5. The van der Waals surface area contributed by atoms with Crippen LogP contribution in [0.25, 0.3) is 0 Å². The predicted molar refractivity (Wildman–Crippen MR) is 94.2 cm³/mol. The van der Waals surface area contributed by atoms with Crippen LogP contribution in [0.1, 0.15) is 53.2 Å². The first kappa shape index (κ1) is 19.4. The lowest BCUT2D eigenvalue weighted by Crippen LogP contribution is -2.39. The van der Waals surface area contributed by atoms with E-state index in [1.165, 1.54) is 17.1 Å². The van der Waals surface area contributed by atoms with E-state index in [1.807, 2.05) is 0 Å². The summed E-state index contributed by atoms with van der Waals surface area (Å²) in [7, 11) is 0. The van der Waals surface area contributed by atoms with Crippen LogP contribution in [0.3, 0.4) is 0 Å². The molecule has 152 valence electrons. The summed E-state index contributed by atoms with van der Waals surface area (Å²) in [4.78, 5) is 18.5. The summed E-state index contributed by atoms with van der Waals surface area (Å²) in [5.41, 5.74) is -0.255. The molecule has 1 amide bonds. The molecule has 0 radical (unpaired) electrons. The second-order valence-corrected chi connectivity index (χ2v) is 7.13. The molecule has 2 heterocycles. The van der Waals surface area contributed by atoms with Gasteiger partial charge in [-0.2, -0.15) is 4.98 Å². The summed E-state index contributed by atoms with van der Waals surface area (Å²) in [5, 5.41) is 3.97. The van der Waals surface area contributed by atoms with Crippen LogP contribution < -0.4 is 0 Å². The minimum Gasteiger partial charge on any atom is -0.339 e. The fourth-order valence-corrected chi connectivity index (χ4v) is 3.57. The molecule has 0 N–H and O–H groups in total. The van der Waals surface area contributed by atoms with Crippen molar-refractivity contribution in [3.05, 3.63) is 70.9 Å². The first-order chi connectivity index (χ1) is 13.9. The molecule has 1 aromatic carbocycles. The van der Waals surface area contributed by atoms with Crippen LogP contribution in [0.2, 0.25) is 0 Å². The molecule has 1 aliphatic carbocycles. The van der Waals surface area contributed by atoms with Gasteiger partial charge in [0.2, 0.25) is 5.89 Å². The number of rotatable bonds is 3. The van der Waals surface area contributed by atoms with Gasteiger partial charge in [0.25, 0.3) is 5.91 Å². The molecule has 1 saturated heterocycles. The van der Waals surface area contributed by atoms with Crippen LogP contribution in [0, 0.1) is 17.5 Å². The Morgan fingerprint density at radius 3 is 2.62 bits per heavy atom. The summed E-state index contributed by atoms with van der Waals surface area (Å²) in [6.07, 6.45) is 6.23. The van der Waals surface area contributed by atoms with Crippen LogP contribution in [-0.4, -0.2) is 34.0 Å². The number of nitrogens with zero attached hydrogens (tertiary/aromatic N) is 3. The third-order valence-electron chi connectivity index (χ3n) is 5.13. The van der Waals surface area contributed by atoms with Gasteiger partial charge < -0.3 is 9.42 Å². The van der Waals surface area contributed by atoms with Crippen molar-refractivity contribution < 1.29 is 26.9 Å². The first-order valence-electron chi connectivity index (χ1n) is 9.23. The number of benzene rings is 1. The topological polar surface area (TPSA) is 59.2 Å². The molecular weight excluding hydrogens is 390 g/mol. The van der Waals surface area contributed by atoms with E-state index in [9.17, 15) is 22.4 Å². The molecule has 1 unspecified atom stereocenters. The number of hydrogen-bond donors (Lipinski definition) is 0. The second kappa shape index (κ2) is 7.81. The van der Waals surface area contributed by atoms with Crippen molar-refractivity contribution >= 4 is 5.91 Å². The zero-order valence-electron chi connectivity index (χ0n) is 15.2. The molecule has 0 saturated carbocycles. The van der Waals surface area contributed by atoms with Gasteiger partial charge in [0, 0.05) is 24.6 Å². The van der Waals surface area contributed by atoms with Crippen LogP contribution in [0.5, 0.6) is 0 Å². The van der Waals surface area contributed by atoms with Gasteiger partial charge >= 0.3 is 0 Å². The monoisotopic (exact) mass is 407 g/mol. The van der Waals surface area contributed by atoms with Gasteiger partial charge in [0.05, 0.1) is 5.92 Å². The van der Waals surface area contributed by atoms with Gasteiger partial charge in [-0.1, -0.05) is 11.2 Å². The molecule has 2 aromatic rings. The predicted octanol–water partition coefficient (Wildman–Crippen LogP) is 4.40. The van der Waals surface area contributed by atoms with Crippen LogP contribution >= 0.6 is 0 Å². The Hall–Kier alpha value is -2.97. The SMILES string of the molecule is O=C(c1cc(F)c(F)c(F)c1)N1CCC[C@H](c2nc(C3C=CC(F)=CC3)no2)C1. The maximum atomic E-state index is 13.5. The summed E-state index contributed by atoms with van der Waals surface area (Å²) in [5.74, 6) is -4.94. The van der Waals surface area contributed by atoms with Crippen molar-refractivity contribution in [1.82, 2.24) is 15.0 Å². The van der Waals surface area contributed by atoms with Crippen molar-refractivity contribution in [3.8, 4) is 0 Å². The molecule has 9 heteroatoms. The molecular formula is C20H17F4N3O2. The Labute approximate surface area is 163 Å². The van der Waals surface area contributed by atoms with Gasteiger partial charge in [-0.25, -0.2) is 17.6 Å². The van der Waals surface area contributed by atoms with Crippen molar-refractivity contribution in [1.29, 1.82) is 0 Å². The summed E-state index contributed by atoms with van der Waals surface area (Å²) in [6, 6.07) is 1.38. The van der Waals surface area contributed by atoms with E-state index < -0.39 is 23.4 Å². The van der Waals surface area contributed by atoms with E-state index >= 15 is 0 Å². The Morgan fingerprint density at radius 2 is 1.93 bits per heavy atom. The fraction of sp³-hybridized carbons (Fsp3) is 0.350. The smallest absolute Gasteiger partial charge is 0.254 e. The van der Waals surface area contributed by atoms with Crippen LogP contribution in [0.4, 0.5) is 17.6 Å². The lowest BCUT2D eigenvalue weighted by molar-refractivity contribution is 0.0694. The maximum Gasteiger partial charge on any atom is 0.254 e. The number of carbonyl (C=O) groups excluding carboxylic acids is 1. The van der Waals surface area contributed by atoms with E-state index in [4.69, 9.17) is 4.52 Å². The largest absolute Gasteiger partial charge is 0.339 e. The van der Waals surface area contributed by atoms with Crippen molar-refractivity contribution in [2.75, 3.05) is 13.1 Å². The Kier molecular flexibility index (Phi) is 5.21. The Bertz CT molecular complexity index is 978. The van der Waals surface area contributed by atoms with Gasteiger partial charge in [0.1, 0.15) is 5.83 Å². The molecule has 29 heavy (non-hydrogen) atoms. The van der Waals surface area contributed by atoms with Crippen molar-refractivity contribution in [2.24, 2.45) is 0 Å². The van der Waals surface area contributed by atoms with Gasteiger partial charge in [-0.05, 0) is 43.5 Å². The molecule has 4 rings (SSSR count). The molecule has 1 fully saturated rings. The molecule has 0 bridgehead atoms. The minimum atomic E-state index is -1.61. The average Bonchev–Trinajstić information content (AvgIpc) is 3.22. The van der Waals surface area contributed by atoms with Crippen molar-refractivity contribution in [3.63, 3.8) is 0 Å². The quantitative estimate of drug-likeness (QED) is 0.559. The standard InChI is InChI=1S/C20H17F4N3O2/c21-14-5-3-11(4-6-14)18-25-19(29-26-18)12-2-1-7-27(10-12)20(28)13-8-15(22)17(24)16(23)9-13/h3,5-6,8-9,11-12H,1-2,4,7,10H2/t11?,12-/m0/s1. The number of amides is 1. The van der Waals surface area contributed by atoms with E-state index in [0.29, 0.717) is 49.7 Å². The van der Waals surface area contributed by atoms with Gasteiger partial charge in [-0.3, -0.25) is 4.79 Å². The Morgan fingerprint density at radius 1 is 1.17 bits per heavy atom. The number of likely N-dealkylation sites (tertiary alicyclic amines) is 1. The van der Waals surface area contributed by atoms with Crippen molar-refractivity contribution in [2.45, 2.75) is 31.1 Å². The normalized spacial score (nSPS) is 21.9. The highest BCUT2D eigenvalue weighted by atomic mass is 19.2. The number of piperidine rings is 1. The first-order valence-corrected chi connectivity index (χ1v) is 9.23. The summed E-state index contributed by atoms with van der Waals surface area (Å²) < 4.78 is 58.5. The highest BCUT2D eigenvalue weighted by Gasteiger charge is 2.30. The van der Waals surface area contributed by atoms with Gasteiger partial charge in [-0.15, -0.1) is 0 Å².